The Hall–Kier alpha value is -2.54. The lowest BCUT2D eigenvalue weighted by Crippen LogP contribution is -2.49. The Balaban J connectivity index is 0.000000334. The minimum Gasteiger partial charge on any atom is -0.479 e. The third-order valence-corrected chi connectivity index (χ3v) is 8.92. The fourth-order valence-electron chi connectivity index (χ4n) is 6.28. The predicted molar refractivity (Wildman–Crippen MR) is 148 cm³/mol. The van der Waals surface area contributed by atoms with Crippen LogP contribution in [-0.4, -0.2) is 116 Å². The molecule has 2 atom stereocenters. The van der Waals surface area contributed by atoms with Gasteiger partial charge in [0.1, 0.15) is 5.76 Å². The van der Waals surface area contributed by atoms with Gasteiger partial charge >= 0.3 is 11.9 Å². The largest absolute Gasteiger partial charge is 0.479 e. The molecule has 230 valence electrons. The molecular formula is C29H46N4O8. The smallest absolute Gasteiger partial charge is 0.335 e. The molecule has 1 aromatic rings. The lowest BCUT2D eigenvalue weighted by molar-refractivity contribution is -0.165. The standard InChI is InChI=1S/C25H40N4O2.C4H6O6/c1-27-14-16-28(17-15-27)18-22-23(26-31-24(22)19-12-13-19)25(30)29(20-8-4-2-5-9-20)21-10-6-3-7-11-21;5-1(3(7)8)2(6)4(9)10/h19-21H,2-18H2,1H3;1-2,5-6H,(H,7,8)(H,9,10)/t;1-,2-/m.0/s1. The Morgan fingerprint density at radius 2 is 1.32 bits per heavy atom. The maximum Gasteiger partial charge on any atom is 0.335 e. The number of piperazine rings is 1. The predicted octanol–water partition coefficient (Wildman–Crippen LogP) is 2.28. The van der Waals surface area contributed by atoms with Gasteiger partial charge in [-0.25, -0.2) is 9.59 Å². The number of hydrogen-bond donors (Lipinski definition) is 4. The number of carbonyl (C=O) groups is 3. The van der Waals surface area contributed by atoms with Gasteiger partial charge in [0.2, 0.25) is 0 Å². The second-order valence-corrected chi connectivity index (χ2v) is 12.1. The number of likely N-dealkylation sites (N-methyl/N-ethyl adjacent to an activating group) is 1. The summed E-state index contributed by atoms with van der Waals surface area (Å²) in [7, 11) is 2.19. The normalized spacial score (nSPS) is 22.8. The molecule has 0 aromatic carbocycles. The zero-order chi connectivity index (χ0) is 29.5. The molecular weight excluding hydrogens is 532 g/mol. The van der Waals surface area contributed by atoms with E-state index in [1.807, 2.05) is 0 Å². The first-order valence-corrected chi connectivity index (χ1v) is 15.2. The highest BCUT2D eigenvalue weighted by molar-refractivity contribution is 5.94. The third kappa shape index (κ3) is 8.27. The highest BCUT2D eigenvalue weighted by Gasteiger charge is 2.39. The van der Waals surface area contributed by atoms with E-state index in [1.165, 1.54) is 51.4 Å². The van der Waals surface area contributed by atoms with Gasteiger partial charge in [-0.2, -0.15) is 0 Å². The van der Waals surface area contributed by atoms with E-state index in [2.05, 4.69) is 26.9 Å². The molecule has 3 aliphatic carbocycles. The van der Waals surface area contributed by atoms with Crippen LogP contribution in [0.25, 0.3) is 0 Å². The van der Waals surface area contributed by atoms with Gasteiger partial charge in [0.15, 0.2) is 17.9 Å². The highest BCUT2D eigenvalue weighted by atomic mass is 16.5. The van der Waals surface area contributed by atoms with Gasteiger partial charge in [0, 0.05) is 56.3 Å². The second-order valence-electron chi connectivity index (χ2n) is 12.1. The van der Waals surface area contributed by atoms with E-state index < -0.39 is 24.1 Å². The Morgan fingerprint density at radius 1 is 0.829 bits per heavy atom. The number of aliphatic carboxylic acids is 2. The van der Waals surface area contributed by atoms with Crippen LogP contribution < -0.4 is 0 Å². The van der Waals surface area contributed by atoms with Crippen molar-refractivity contribution in [2.45, 2.75) is 114 Å². The molecule has 0 spiro atoms. The van der Waals surface area contributed by atoms with E-state index in [0.717, 1.165) is 69.7 Å². The van der Waals surface area contributed by atoms with Crippen LogP contribution in [0.15, 0.2) is 4.52 Å². The summed E-state index contributed by atoms with van der Waals surface area (Å²) in [5.74, 6) is -1.88. The van der Waals surface area contributed by atoms with Crippen LogP contribution in [0.4, 0.5) is 0 Å². The SMILES string of the molecule is CN1CCN(Cc2c(C(=O)N(C3CCCCC3)C3CCCCC3)noc2C2CC2)CC1.O=C(O)[C@@H](O)[C@H](O)C(=O)O. The number of aliphatic hydroxyl groups excluding tert-OH is 2. The first kappa shape index (κ1) is 31.4. The summed E-state index contributed by atoms with van der Waals surface area (Å²) in [4.78, 5) is 40.8. The van der Waals surface area contributed by atoms with Crippen molar-refractivity contribution >= 4 is 17.8 Å². The molecule has 0 radical (unpaired) electrons. The first-order chi connectivity index (χ1) is 19.7. The average Bonchev–Trinajstić information content (AvgIpc) is 3.74. The van der Waals surface area contributed by atoms with Crippen molar-refractivity contribution in [2.24, 2.45) is 0 Å². The molecule has 12 heteroatoms. The Labute approximate surface area is 241 Å². The lowest BCUT2D eigenvalue weighted by Gasteiger charge is -2.41. The van der Waals surface area contributed by atoms with Gasteiger partial charge in [-0.1, -0.05) is 43.7 Å². The van der Waals surface area contributed by atoms with Crippen LogP contribution >= 0.6 is 0 Å². The lowest BCUT2D eigenvalue weighted by atomic mass is 9.88. The van der Waals surface area contributed by atoms with Crippen molar-refractivity contribution in [1.82, 2.24) is 19.9 Å². The summed E-state index contributed by atoms with van der Waals surface area (Å²) in [6.07, 6.45) is 10.1. The fourth-order valence-corrected chi connectivity index (χ4v) is 6.28. The van der Waals surface area contributed by atoms with Crippen LogP contribution in [0.2, 0.25) is 0 Å². The Bertz CT molecular complexity index is 988. The van der Waals surface area contributed by atoms with Crippen molar-refractivity contribution in [1.29, 1.82) is 0 Å². The summed E-state index contributed by atoms with van der Waals surface area (Å²) in [6, 6.07) is 0.781. The topological polar surface area (TPSA) is 168 Å². The number of hydrogen-bond acceptors (Lipinski definition) is 9. The van der Waals surface area contributed by atoms with Crippen molar-refractivity contribution in [3.8, 4) is 0 Å². The van der Waals surface area contributed by atoms with Gasteiger partial charge in [-0.15, -0.1) is 0 Å². The number of carbonyl (C=O) groups excluding carboxylic acids is 1. The number of amides is 1. The minimum absolute atomic E-state index is 0.165. The van der Waals surface area contributed by atoms with Crippen molar-refractivity contribution in [3.05, 3.63) is 17.0 Å². The van der Waals surface area contributed by atoms with Crippen molar-refractivity contribution in [3.63, 3.8) is 0 Å². The Kier molecular flexibility index (Phi) is 11.2. The number of carboxylic acids is 2. The molecule has 0 unspecified atom stereocenters. The second kappa shape index (κ2) is 14.6. The molecule has 2 heterocycles. The van der Waals surface area contributed by atoms with Crippen LogP contribution in [-0.2, 0) is 16.1 Å². The molecule has 4 N–H and O–H groups in total. The van der Waals surface area contributed by atoms with Gasteiger partial charge in [0.25, 0.3) is 5.91 Å². The number of aromatic nitrogens is 1. The van der Waals surface area contributed by atoms with Crippen LogP contribution in [0.5, 0.6) is 0 Å². The number of rotatable bonds is 9. The summed E-state index contributed by atoms with van der Waals surface area (Å²) in [6.45, 7) is 5.09. The van der Waals surface area contributed by atoms with Gasteiger partial charge < -0.3 is 34.7 Å². The zero-order valence-electron chi connectivity index (χ0n) is 24.1. The fraction of sp³-hybridized carbons (Fsp3) is 0.793. The molecule has 5 rings (SSSR count). The quantitative estimate of drug-likeness (QED) is 0.339. The molecule has 0 bridgehead atoms. The highest BCUT2D eigenvalue weighted by Crippen LogP contribution is 2.43. The van der Waals surface area contributed by atoms with E-state index in [9.17, 15) is 14.4 Å². The maximum atomic E-state index is 14.1. The van der Waals surface area contributed by atoms with E-state index in [4.69, 9.17) is 24.9 Å². The molecule has 3 saturated carbocycles. The summed E-state index contributed by atoms with van der Waals surface area (Å²) in [5, 5.41) is 37.0. The van der Waals surface area contributed by atoms with Crippen molar-refractivity contribution < 1.29 is 39.3 Å². The van der Waals surface area contributed by atoms with Crippen LogP contribution in [0.3, 0.4) is 0 Å². The molecule has 1 aromatic heterocycles. The van der Waals surface area contributed by atoms with Gasteiger partial charge in [0.05, 0.1) is 0 Å². The van der Waals surface area contributed by atoms with E-state index >= 15 is 0 Å². The molecule has 1 saturated heterocycles. The molecule has 12 nitrogen and oxygen atoms in total. The maximum absolute atomic E-state index is 14.1. The zero-order valence-corrected chi connectivity index (χ0v) is 24.1. The average molecular weight is 579 g/mol. The summed E-state index contributed by atoms with van der Waals surface area (Å²) in [5.41, 5.74) is 1.74. The molecule has 41 heavy (non-hydrogen) atoms. The van der Waals surface area contributed by atoms with Crippen LogP contribution in [0.1, 0.15) is 105 Å². The van der Waals surface area contributed by atoms with Crippen molar-refractivity contribution in [2.75, 3.05) is 33.2 Å². The first-order valence-electron chi connectivity index (χ1n) is 15.2. The third-order valence-electron chi connectivity index (χ3n) is 8.92. The van der Waals surface area contributed by atoms with E-state index in [-0.39, 0.29) is 5.91 Å². The Morgan fingerprint density at radius 3 is 1.76 bits per heavy atom. The minimum atomic E-state index is -2.27. The molecule has 1 amide bonds. The molecule has 1 aliphatic heterocycles. The summed E-state index contributed by atoms with van der Waals surface area (Å²) < 4.78 is 5.89. The number of carboxylic acid groups (broad SMARTS) is 2. The summed E-state index contributed by atoms with van der Waals surface area (Å²) >= 11 is 0. The van der Waals surface area contributed by atoms with E-state index in [0.29, 0.717) is 23.7 Å². The molecule has 4 aliphatic rings. The van der Waals surface area contributed by atoms with Gasteiger partial charge in [-0.3, -0.25) is 9.69 Å². The van der Waals surface area contributed by atoms with Gasteiger partial charge in [-0.05, 0) is 45.6 Å². The number of aliphatic hydroxyl groups is 2. The molecule has 4 fully saturated rings. The van der Waals surface area contributed by atoms with Crippen LogP contribution in [0, 0.1) is 0 Å². The van der Waals surface area contributed by atoms with E-state index in [1.54, 1.807) is 0 Å². The monoisotopic (exact) mass is 578 g/mol. The number of nitrogens with zero attached hydrogens (tertiary/aromatic N) is 4.